The third-order valence-corrected chi connectivity index (χ3v) is 2.11. The molecule has 0 spiro atoms. The highest BCUT2D eigenvalue weighted by Gasteiger charge is 2.48. The summed E-state index contributed by atoms with van der Waals surface area (Å²) in [6.07, 6.45) is 2.11. The predicted octanol–water partition coefficient (Wildman–Crippen LogP) is -0.763. The van der Waals surface area contributed by atoms with Gasteiger partial charge in [0.25, 0.3) is 0 Å². The molecule has 1 aliphatic heterocycles. The molecule has 2 aliphatic rings. The van der Waals surface area contributed by atoms with Crippen LogP contribution in [0.5, 0.6) is 0 Å². The Kier molecular flexibility index (Phi) is 0.858. The molecule has 9 heavy (non-hydrogen) atoms. The van der Waals surface area contributed by atoms with Crippen molar-refractivity contribution in [3.05, 3.63) is 0 Å². The molecular weight excluding hydrogens is 116 g/mol. The molecule has 49 valence electrons. The van der Waals surface area contributed by atoms with Gasteiger partial charge in [0.15, 0.2) is 0 Å². The van der Waals surface area contributed by atoms with Crippen LogP contribution in [0.3, 0.4) is 0 Å². The van der Waals surface area contributed by atoms with Crippen molar-refractivity contribution in [1.29, 1.82) is 0 Å². The molecule has 3 atom stereocenters. The second-order valence-corrected chi connectivity index (χ2v) is 2.87. The van der Waals surface area contributed by atoms with Crippen LogP contribution in [0.2, 0.25) is 0 Å². The van der Waals surface area contributed by atoms with Gasteiger partial charge < -0.3 is 5.73 Å². The number of carbonyl (C=O) groups excluding carboxylic acids is 1. The molecule has 3 heteroatoms. The molecule has 0 aromatic rings. The van der Waals surface area contributed by atoms with E-state index in [1.54, 1.807) is 0 Å². The summed E-state index contributed by atoms with van der Waals surface area (Å²) in [5.41, 5.74) is 5.05. The SMILES string of the molecule is NC(=O)[C@@H]1C[C@@H]2C[C@@H]2[N]1. The Hall–Kier alpha value is -0.570. The maximum atomic E-state index is 10.5. The highest BCUT2D eigenvalue weighted by molar-refractivity contribution is 5.80. The number of hydrogen-bond acceptors (Lipinski definition) is 1. The van der Waals surface area contributed by atoms with Crippen LogP contribution in [-0.2, 0) is 4.79 Å². The van der Waals surface area contributed by atoms with Gasteiger partial charge in [-0.05, 0) is 18.8 Å². The maximum Gasteiger partial charge on any atom is 0.236 e. The van der Waals surface area contributed by atoms with Gasteiger partial charge in [0, 0.05) is 6.04 Å². The van der Waals surface area contributed by atoms with Crippen LogP contribution < -0.4 is 11.1 Å². The number of rotatable bonds is 1. The van der Waals surface area contributed by atoms with Crippen LogP contribution >= 0.6 is 0 Å². The number of carbonyl (C=O) groups is 1. The highest BCUT2D eigenvalue weighted by atomic mass is 16.1. The fraction of sp³-hybridized carbons (Fsp3) is 0.833. The van der Waals surface area contributed by atoms with Crippen molar-refractivity contribution >= 4 is 5.91 Å². The molecule has 1 saturated carbocycles. The molecule has 0 bridgehead atoms. The van der Waals surface area contributed by atoms with Crippen LogP contribution in [-0.4, -0.2) is 18.0 Å². The first-order valence-electron chi connectivity index (χ1n) is 3.26. The quantitative estimate of drug-likeness (QED) is 0.492. The molecule has 2 rings (SSSR count). The normalized spacial score (nSPS) is 46.4. The zero-order valence-electron chi connectivity index (χ0n) is 5.08. The molecule has 0 aromatic heterocycles. The molecule has 0 aromatic carbocycles. The smallest absolute Gasteiger partial charge is 0.236 e. The van der Waals surface area contributed by atoms with Crippen LogP contribution in [0.4, 0.5) is 0 Å². The van der Waals surface area contributed by atoms with Gasteiger partial charge in [0.1, 0.15) is 6.04 Å². The zero-order valence-corrected chi connectivity index (χ0v) is 5.08. The fourth-order valence-corrected chi connectivity index (χ4v) is 1.44. The lowest BCUT2D eigenvalue weighted by Crippen LogP contribution is -2.34. The fourth-order valence-electron chi connectivity index (χ4n) is 1.44. The lowest BCUT2D eigenvalue weighted by atomic mass is 10.2. The van der Waals surface area contributed by atoms with E-state index in [-0.39, 0.29) is 11.9 Å². The van der Waals surface area contributed by atoms with E-state index in [1.807, 2.05) is 0 Å². The minimum Gasteiger partial charge on any atom is -0.368 e. The summed E-state index contributed by atoms with van der Waals surface area (Å²) < 4.78 is 0. The van der Waals surface area contributed by atoms with Gasteiger partial charge in [0.2, 0.25) is 5.91 Å². The van der Waals surface area contributed by atoms with E-state index in [9.17, 15) is 4.79 Å². The van der Waals surface area contributed by atoms with Crippen LogP contribution in [0, 0.1) is 5.92 Å². The van der Waals surface area contributed by atoms with Crippen molar-refractivity contribution in [1.82, 2.24) is 5.32 Å². The van der Waals surface area contributed by atoms with Crippen molar-refractivity contribution in [3.8, 4) is 0 Å². The molecular formula is C6H9N2O. The largest absolute Gasteiger partial charge is 0.368 e. The molecule has 0 unspecified atom stereocenters. The standard InChI is InChI=1S/C6H9N2O/c7-6(9)5-2-3-1-4(3)8-5/h3-5H,1-2H2,(H2,7,9)/t3-,4-,5-/m0/s1. The molecule has 1 saturated heterocycles. The summed E-state index contributed by atoms with van der Waals surface area (Å²) in [4.78, 5) is 10.5. The van der Waals surface area contributed by atoms with Crippen molar-refractivity contribution in [2.45, 2.75) is 24.9 Å². The van der Waals surface area contributed by atoms with Crippen LogP contribution in [0.1, 0.15) is 12.8 Å². The second-order valence-electron chi connectivity index (χ2n) is 2.87. The molecule has 1 aliphatic carbocycles. The highest BCUT2D eigenvalue weighted by Crippen LogP contribution is 2.41. The lowest BCUT2D eigenvalue weighted by molar-refractivity contribution is -0.119. The number of fused-ring (bicyclic) bond motifs is 1. The topological polar surface area (TPSA) is 57.2 Å². The first-order valence-corrected chi connectivity index (χ1v) is 3.26. The number of primary amides is 1. The van der Waals surface area contributed by atoms with E-state index in [4.69, 9.17) is 5.73 Å². The van der Waals surface area contributed by atoms with E-state index in [2.05, 4.69) is 5.32 Å². The number of nitrogens with two attached hydrogens (primary N) is 1. The predicted molar refractivity (Wildman–Crippen MR) is 31.6 cm³/mol. The van der Waals surface area contributed by atoms with E-state index in [0.29, 0.717) is 12.0 Å². The molecule has 1 amide bonds. The Morgan fingerprint density at radius 2 is 2.33 bits per heavy atom. The van der Waals surface area contributed by atoms with Gasteiger partial charge in [0.05, 0.1) is 0 Å². The van der Waals surface area contributed by atoms with E-state index < -0.39 is 0 Å². The average Bonchev–Trinajstić information content (AvgIpc) is 2.40. The average molecular weight is 125 g/mol. The molecule has 2 fully saturated rings. The van der Waals surface area contributed by atoms with Gasteiger partial charge in [-0.25, -0.2) is 5.32 Å². The van der Waals surface area contributed by atoms with Gasteiger partial charge >= 0.3 is 0 Å². The summed E-state index contributed by atoms with van der Waals surface area (Å²) in [5, 5.41) is 4.19. The number of hydrogen-bond donors (Lipinski definition) is 1. The first kappa shape index (κ1) is 5.23. The third-order valence-electron chi connectivity index (χ3n) is 2.11. The molecule has 1 heterocycles. The van der Waals surface area contributed by atoms with Crippen LogP contribution in [0.15, 0.2) is 0 Å². The molecule has 2 N–H and O–H groups in total. The molecule has 3 nitrogen and oxygen atoms in total. The van der Waals surface area contributed by atoms with Gasteiger partial charge in [-0.2, -0.15) is 0 Å². The Morgan fingerprint density at radius 1 is 1.56 bits per heavy atom. The summed E-state index contributed by atoms with van der Waals surface area (Å²) in [5.74, 6) is 0.463. The Labute approximate surface area is 53.6 Å². The van der Waals surface area contributed by atoms with Gasteiger partial charge in [-0.3, -0.25) is 4.79 Å². The van der Waals surface area contributed by atoms with Crippen LogP contribution in [0.25, 0.3) is 0 Å². The minimum absolute atomic E-state index is 0.145. The van der Waals surface area contributed by atoms with Gasteiger partial charge in [-0.15, -0.1) is 0 Å². The Balaban J connectivity index is 1.97. The van der Waals surface area contributed by atoms with Crippen molar-refractivity contribution in [3.63, 3.8) is 0 Å². The molecule has 1 radical (unpaired) electrons. The number of piperidine rings is 1. The number of amides is 1. The monoisotopic (exact) mass is 125 g/mol. The van der Waals surface area contributed by atoms with E-state index in [0.717, 1.165) is 6.42 Å². The van der Waals surface area contributed by atoms with Crippen molar-refractivity contribution < 1.29 is 4.79 Å². The Morgan fingerprint density at radius 3 is 2.67 bits per heavy atom. The van der Waals surface area contributed by atoms with Crippen molar-refractivity contribution in [2.24, 2.45) is 11.7 Å². The summed E-state index contributed by atoms with van der Waals surface area (Å²) >= 11 is 0. The van der Waals surface area contributed by atoms with E-state index >= 15 is 0 Å². The summed E-state index contributed by atoms with van der Waals surface area (Å²) in [6.45, 7) is 0. The first-order chi connectivity index (χ1) is 4.27. The summed E-state index contributed by atoms with van der Waals surface area (Å²) in [6, 6.07) is 0.358. The zero-order chi connectivity index (χ0) is 6.43. The maximum absolute atomic E-state index is 10.5. The summed E-state index contributed by atoms with van der Waals surface area (Å²) in [7, 11) is 0. The van der Waals surface area contributed by atoms with Gasteiger partial charge in [-0.1, -0.05) is 0 Å². The second kappa shape index (κ2) is 1.48. The Bertz CT molecular complexity index is 147. The van der Waals surface area contributed by atoms with E-state index in [1.165, 1.54) is 6.42 Å². The third kappa shape index (κ3) is 0.721. The lowest BCUT2D eigenvalue weighted by Gasteiger charge is -2.03. The minimum atomic E-state index is -0.248. The number of nitrogens with zero attached hydrogens (tertiary/aromatic N) is 1. The van der Waals surface area contributed by atoms with Crippen molar-refractivity contribution in [2.75, 3.05) is 0 Å².